The van der Waals surface area contributed by atoms with Crippen molar-refractivity contribution in [3.63, 3.8) is 0 Å². The van der Waals surface area contributed by atoms with Crippen LogP contribution in [0.4, 0.5) is 13.2 Å². The van der Waals surface area contributed by atoms with Gasteiger partial charge in [0.15, 0.2) is 17.2 Å². The monoisotopic (exact) mass is 392 g/mol. The van der Waals surface area contributed by atoms with E-state index in [1.54, 1.807) is 12.1 Å². The number of aromatic amines is 1. The highest BCUT2D eigenvalue weighted by molar-refractivity contribution is 5.96. The van der Waals surface area contributed by atoms with Crippen LogP contribution in [0.5, 0.6) is 11.5 Å². The van der Waals surface area contributed by atoms with Crippen molar-refractivity contribution in [2.24, 2.45) is 5.73 Å². The molecule has 3 aromatic rings. The van der Waals surface area contributed by atoms with Crippen molar-refractivity contribution in [1.29, 1.82) is 0 Å². The maximum atomic E-state index is 12.8. The summed E-state index contributed by atoms with van der Waals surface area (Å²) in [7, 11) is 1.43. The summed E-state index contributed by atoms with van der Waals surface area (Å²) in [6, 6.07) is 9.57. The lowest BCUT2D eigenvalue weighted by molar-refractivity contribution is -0.137. The van der Waals surface area contributed by atoms with Crippen LogP contribution in [-0.4, -0.2) is 28.4 Å². The molecule has 0 aliphatic heterocycles. The Kier molecular flexibility index (Phi) is 5.21. The van der Waals surface area contributed by atoms with Gasteiger partial charge in [0.25, 0.3) is 5.91 Å². The number of hydrogen-bond acceptors (Lipinski definition) is 5. The summed E-state index contributed by atoms with van der Waals surface area (Å²) < 4.78 is 49.4. The predicted molar refractivity (Wildman–Crippen MR) is 92.7 cm³/mol. The van der Waals surface area contributed by atoms with Crippen molar-refractivity contribution < 1.29 is 27.4 Å². The van der Waals surface area contributed by atoms with Gasteiger partial charge in [-0.05, 0) is 35.9 Å². The van der Waals surface area contributed by atoms with Crippen molar-refractivity contribution in [3.8, 4) is 22.8 Å². The van der Waals surface area contributed by atoms with Gasteiger partial charge in [-0.15, -0.1) is 0 Å². The number of primary amides is 1. The van der Waals surface area contributed by atoms with E-state index >= 15 is 0 Å². The van der Waals surface area contributed by atoms with Gasteiger partial charge in [0.05, 0.1) is 12.7 Å². The number of alkyl halides is 3. The second-order valence-corrected chi connectivity index (χ2v) is 5.74. The van der Waals surface area contributed by atoms with Crippen LogP contribution in [0.25, 0.3) is 11.3 Å². The third kappa shape index (κ3) is 4.05. The molecule has 0 fully saturated rings. The highest BCUT2D eigenvalue weighted by Crippen LogP contribution is 2.34. The number of nitrogens with zero attached hydrogens (tertiary/aromatic N) is 2. The zero-order valence-corrected chi connectivity index (χ0v) is 14.6. The van der Waals surface area contributed by atoms with E-state index < -0.39 is 17.6 Å². The van der Waals surface area contributed by atoms with Crippen molar-refractivity contribution in [1.82, 2.24) is 15.4 Å². The van der Waals surface area contributed by atoms with E-state index in [1.165, 1.54) is 25.3 Å². The highest BCUT2D eigenvalue weighted by Gasteiger charge is 2.30. The smallest absolute Gasteiger partial charge is 0.416 e. The number of ether oxygens (including phenoxy) is 2. The Bertz CT molecular complexity index is 1000. The number of H-pyrrole nitrogens is 1. The van der Waals surface area contributed by atoms with E-state index in [4.69, 9.17) is 15.2 Å². The molecule has 0 unspecified atom stereocenters. The van der Waals surface area contributed by atoms with E-state index in [0.717, 1.165) is 12.1 Å². The first kappa shape index (κ1) is 19.2. The number of rotatable bonds is 6. The standard InChI is InChI=1S/C18H15F3N4O3/c1-27-13-6-5-11(15-16(17(22)26)24-25-23-15)8-14(13)28-9-10-3-2-4-12(7-10)18(19,20)21/h2-8H,9H2,1H3,(H2,22,26)(H,23,24,25). The second-order valence-electron chi connectivity index (χ2n) is 5.74. The average Bonchev–Trinajstić information content (AvgIpc) is 3.16. The molecular formula is C18H15F3N4O3. The molecule has 10 heteroatoms. The number of aromatic nitrogens is 3. The summed E-state index contributed by atoms with van der Waals surface area (Å²) in [6.07, 6.45) is -4.44. The molecule has 1 amide bonds. The first-order chi connectivity index (χ1) is 13.3. The largest absolute Gasteiger partial charge is 0.493 e. The Labute approximate surface area is 157 Å². The Morgan fingerprint density at radius 3 is 2.61 bits per heavy atom. The van der Waals surface area contributed by atoms with Crippen LogP contribution in [0.3, 0.4) is 0 Å². The zero-order chi connectivity index (χ0) is 20.3. The molecule has 1 heterocycles. The summed E-state index contributed by atoms with van der Waals surface area (Å²) in [5.74, 6) is -0.137. The first-order valence-electron chi connectivity index (χ1n) is 7.97. The Morgan fingerprint density at radius 2 is 1.93 bits per heavy atom. The van der Waals surface area contributed by atoms with Crippen LogP contribution in [0.15, 0.2) is 42.5 Å². The molecule has 0 saturated heterocycles. The second kappa shape index (κ2) is 7.59. The molecule has 2 aromatic carbocycles. The van der Waals surface area contributed by atoms with E-state index in [9.17, 15) is 18.0 Å². The lowest BCUT2D eigenvalue weighted by Gasteiger charge is -2.13. The molecule has 146 valence electrons. The molecule has 0 saturated carbocycles. The van der Waals surface area contributed by atoms with Gasteiger partial charge in [-0.2, -0.15) is 28.6 Å². The van der Waals surface area contributed by atoms with Crippen molar-refractivity contribution in [2.45, 2.75) is 12.8 Å². The van der Waals surface area contributed by atoms with Gasteiger partial charge < -0.3 is 15.2 Å². The number of methoxy groups -OCH3 is 1. The van der Waals surface area contributed by atoms with Crippen LogP contribution in [0.2, 0.25) is 0 Å². The summed E-state index contributed by atoms with van der Waals surface area (Å²) in [5.41, 5.74) is 5.49. The normalized spacial score (nSPS) is 11.3. The number of benzene rings is 2. The molecule has 0 bridgehead atoms. The summed E-state index contributed by atoms with van der Waals surface area (Å²) in [4.78, 5) is 11.4. The molecule has 7 nitrogen and oxygen atoms in total. The van der Waals surface area contributed by atoms with Crippen molar-refractivity contribution in [2.75, 3.05) is 7.11 Å². The minimum Gasteiger partial charge on any atom is -0.493 e. The fraction of sp³-hybridized carbons (Fsp3) is 0.167. The van der Waals surface area contributed by atoms with Crippen LogP contribution in [0, 0.1) is 0 Å². The minimum atomic E-state index is -4.44. The Balaban J connectivity index is 1.88. The van der Waals surface area contributed by atoms with Crippen LogP contribution in [-0.2, 0) is 12.8 Å². The summed E-state index contributed by atoms with van der Waals surface area (Å²) >= 11 is 0. The highest BCUT2D eigenvalue weighted by atomic mass is 19.4. The van der Waals surface area contributed by atoms with E-state index in [1.807, 2.05) is 0 Å². The molecule has 3 rings (SSSR count). The maximum Gasteiger partial charge on any atom is 0.416 e. The van der Waals surface area contributed by atoms with E-state index in [2.05, 4.69) is 15.4 Å². The van der Waals surface area contributed by atoms with Crippen LogP contribution in [0.1, 0.15) is 21.6 Å². The number of nitrogens with two attached hydrogens (primary N) is 1. The third-order valence-electron chi connectivity index (χ3n) is 3.87. The van der Waals surface area contributed by atoms with Gasteiger partial charge in [0.2, 0.25) is 0 Å². The Hall–Kier alpha value is -3.56. The quantitative estimate of drug-likeness (QED) is 0.671. The molecule has 1 aromatic heterocycles. The number of carbonyl (C=O) groups excluding carboxylic acids is 1. The van der Waals surface area contributed by atoms with Crippen LogP contribution >= 0.6 is 0 Å². The van der Waals surface area contributed by atoms with Gasteiger partial charge >= 0.3 is 6.18 Å². The van der Waals surface area contributed by atoms with Crippen molar-refractivity contribution in [3.05, 3.63) is 59.3 Å². The van der Waals surface area contributed by atoms with E-state index in [-0.39, 0.29) is 23.7 Å². The lowest BCUT2D eigenvalue weighted by Crippen LogP contribution is -2.12. The zero-order valence-electron chi connectivity index (χ0n) is 14.6. The molecular weight excluding hydrogens is 377 g/mol. The summed E-state index contributed by atoms with van der Waals surface area (Å²) in [6.45, 7) is -0.120. The third-order valence-corrected chi connectivity index (χ3v) is 3.87. The number of nitrogens with one attached hydrogen (secondary N) is 1. The fourth-order valence-electron chi connectivity index (χ4n) is 2.54. The van der Waals surface area contributed by atoms with Gasteiger partial charge in [0, 0.05) is 5.56 Å². The molecule has 0 atom stereocenters. The van der Waals surface area contributed by atoms with Crippen LogP contribution < -0.4 is 15.2 Å². The van der Waals surface area contributed by atoms with Gasteiger partial charge in [0.1, 0.15) is 12.3 Å². The average molecular weight is 392 g/mol. The lowest BCUT2D eigenvalue weighted by atomic mass is 10.1. The topological polar surface area (TPSA) is 103 Å². The number of carbonyl (C=O) groups is 1. The molecule has 28 heavy (non-hydrogen) atoms. The summed E-state index contributed by atoms with van der Waals surface area (Å²) in [5, 5.41) is 9.93. The molecule has 0 radical (unpaired) electrons. The Morgan fingerprint density at radius 1 is 1.14 bits per heavy atom. The molecule has 3 N–H and O–H groups in total. The first-order valence-corrected chi connectivity index (χ1v) is 7.97. The maximum absolute atomic E-state index is 12.8. The molecule has 0 spiro atoms. The predicted octanol–water partition coefficient (Wildman–Crippen LogP) is 3.18. The van der Waals surface area contributed by atoms with E-state index in [0.29, 0.717) is 16.9 Å². The fourth-order valence-corrected chi connectivity index (χ4v) is 2.54. The SMILES string of the molecule is COc1ccc(-c2n[nH]nc2C(N)=O)cc1OCc1cccc(C(F)(F)F)c1. The van der Waals surface area contributed by atoms with Gasteiger partial charge in [-0.25, -0.2) is 0 Å². The van der Waals surface area contributed by atoms with Gasteiger partial charge in [-0.1, -0.05) is 12.1 Å². The molecule has 0 aliphatic carbocycles. The number of hydrogen-bond donors (Lipinski definition) is 2. The van der Waals surface area contributed by atoms with Crippen molar-refractivity contribution >= 4 is 5.91 Å². The minimum absolute atomic E-state index is 0.0472. The number of halogens is 3. The molecule has 0 aliphatic rings. The number of amides is 1. The van der Waals surface area contributed by atoms with Gasteiger partial charge in [-0.3, -0.25) is 4.79 Å².